The number of carboxylic acids is 1. The van der Waals surface area contributed by atoms with Crippen LogP contribution in [0.15, 0.2) is 72.8 Å². The van der Waals surface area contributed by atoms with E-state index in [2.05, 4.69) is 34.9 Å². The van der Waals surface area contributed by atoms with E-state index in [9.17, 15) is 14.4 Å². The van der Waals surface area contributed by atoms with Gasteiger partial charge in [-0.2, -0.15) is 0 Å². The van der Waals surface area contributed by atoms with E-state index in [-0.39, 0.29) is 18.4 Å². The first-order chi connectivity index (χ1) is 16.9. The van der Waals surface area contributed by atoms with E-state index in [1.165, 1.54) is 11.1 Å². The van der Waals surface area contributed by atoms with Crippen LogP contribution in [0.4, 0.5) is 10.5 Å². The third-order valence-corrected chi connectivity index (χ3v) is 6.42. The molecular formula is C28H28N2O5. The van der Waals surface area contributed by atoms with Crippen molar-refractivity contribution < 1.29 is 24.2 Å². The molecule has 0 saturated heterocycles. The number of hydrogen-bond donors (Lipinski definition) is 3. The van der Waals surface area contributed by atoms with E-state index in [0.717, 1.165) is 11.1 Å². The fraction of sp³-hybridized carbons (Fsp3) is 0.250. The van der Waals surface area contributed by atoms with Crippen molar-refractivity contribution in [2.24, 2.45) is 0 Å². The molecule has 0 aliphatic heterocycles. The maximum atomic E-state index is 12.5. The van der Waals surface area contributed by atoms with Crippen molar-refractivity contribution in [2.45, 2.75) is 38.1 Å². The quantitative estimate of drug-likeness (QED) is 0.422. The third-order valence-electron chi connectivity index (χ3n) is 6.42. The van der Waals surface area contributed by atoms with Crippen molar-refractivity contribution >= 4 is 23.7 Å². The predicted octanol–water partition coefficient (Wildman–Crippen LogP) is 5.13. The van der Waals surface area contributed by atoms with Crippen LogP contribution in [0.1, 0.15) is 48.8 Å². The fourth-order valence-corrected chi connectivity index (χ4v) is 4.39. The zero-order valence-electron chi connectivity index (χ0n) is 19.7. The molecule has 3 N–H and O–H groups in total. The van der Waals surface area contributed by atoms with E-state index >= 15 is 0 Å². The lowest BCUT2D eigenvalue weighted by molar-refractivity contribution is -0.142. The summed E-state index contributed by atoms with van der Waals surface area (Å²) in [5.41, 5.74) is 5.87. The number of hydrogen-bond acceptors (Lipinski definition) is 4. The molecule has 7 nitrogen and oxygen atoms in total. The van der Waals surface area contributed by atoms with E-state index in [1.807, 2.05) is 24.3 Å². The number of anilines is 1. The molecule has 2 atom stereocenters. The zero-order valence-corrected chi connectivity index (χ0v) is 19.7. The van der Waals surface area contributed by atoms with Crippen LogP contribution in [0, 0.1) is 0 Å². The summed E-state index contributed by atoms with van der Waals surface area (Å²) < 4.78 is 5.57. The Hall–Kier alpha value is -4.13. The molecule has 0 aromatic heterocycles. The molecule has 35 heavy (non-hydrogen) atoms. The Labute approximate surface area is 204 Å². The molecule has 1 aliphatic rings. The molecule has 4 rings (SSSR count). The SMILES string of the molecule is CC[C@@H](NC(=O)C(C)c1ccc(NC(=O)OCC2c3ccccc3-c3ccccc32)cc1)C(=O)O. The predicted molar refractivity (Wildman–Crippen MR) is 133 cm³/mol. The number of fused-ring (bicyclic) bond motifs is 3. The minimum absolute atomic E-state index is 0.0207. The van der Waals surface area contributed by atoms with Gasteiger partial charge in [0, 0.05) is 11.6 Å². The van der Waals surface area contributed by atoms with Gasteiger partial charge in [0.2, 0.25) is 5.91 Å². The second-order valence-electron chi connectivity index (χ2n) is 8.60. The molecule has 0 spiro atoms. The summed E-state index contributed by atoms with van der Waals surface area (Å²) in [7, 11) is 0. The van der Waals surface area contributed by atoms with Gasteiger partial charge in [-0.1, -0.05) is 67.6 Å². The standard InChI is InChI=1S/C28H28N2O5/c1-3-25(27(32)33)30-26(31)17(2)18-12-14-19(15-13-18)29-28(34)35-16-24-22-10-6-4-8-20(22)21-9-5-7-11-23(21)24/h4-15,17,24-25H,3,16H2,1-2H3,(H,29,34)(H,30,31)(H,32,33)/t17?,25-/m1/s1. The highest BCUT2D eigenvalue weighted by atomic mass is 16.5. The van der Waals surface area contributed by atoms with Crippen molar-refractivity contribution in [1.82, 2.24) is 5.32 Å². The number of nitrogens with one attached hydrogen (secondary N) is 2. The lowest BCUT2D eigenvalue weighted by atomic mass is 9.98. The van der Waals surface area contributed by atoms with Crippen LogP contribution >= 0.6 is 0 Å². The molecule has 1 unspecified atom stereocenters. The molecule has 3 aromatic carbocycles. The molecule has 2 amide bonds. The molecule has 0 fully saturated rings. The normalized spacial score (nSPS) is 13.8. The van der Waals surface area contributed by atoms with Gasteiger partial charge in [0.15, 0.2) is 0 Å². The van der Waals surface area contributed by atoms with Crippen LogP contribution in [-0.2, 0) is 14.3 Å². The summed E-state index contributed by atoms with van der Waals surface area (Å²) in [4.78, 5) is 36.1. The molecule has 1 aliphatic carbocycles. The number of carbonyl (C=O) groups is 3. The summed E-state index contributed by atoms with van der Waals surface area (Å²) in [6.45, 7) is 3.63. The second kappa shape index (κ2) is 10.4. The van der Waals surface area contributed by atoms with Gasteiger partial charge >= 0.3 is 12.1 Å². The Balaban J connectivity index is 1.35. The maximum Gasteiger partial charge on any atom is 0.411 e. The van der Waals surface area contributed by atoms with Crippen molar-refractivity contribution in [3.8, 4) is 11.1 Å². The highest BCUT2D eigenvalue weighted by molar-refractivity contribution is 5.88. The van der Waals surface area contributed by atoms with Crippen LogP contribution < -0.4 is 10.6 Å². The molecule has 7 heteroatoms. The van der Waals surface area contributed by atoms with Gasteiger partial charge in [-0.25, -0.2) is 9.59 Å². The van der Waals surface area contributed by atoms with Gasteiger partial charge in [-0.05, 0) is 53.3 Å². The second-order valence-corrected chi connectivity index (χ2v) is 8.60. The Morgan fingerprint density at radius 2 is 1.49 bits per heavy atom. The maximum absolute atomic E-state index is 12.5. The molecule has 0 heterocycles. The Kier molecular flexibility index (Phi) is 7.15. The van der Waals surface area contributed by atoms with E-state index < -0.39 is 24.0 Å². The largest absolute Gasteiger partial charge is 0.480 e. The third kappa shape index (κ3) is 5.19. The molecule has 0 bridgehead atoms. The summed E-state index contributed by atoms with van der Waals surface area (Å²) in [5.74, 6) is -1.98. The Morgan fingerprint density at radius 1 is 0.914 bits per heavy atom. The number of aliphatic carboxylic acids is 1. The van der Waals surface area contributed by atoms with Crippen LogP contribution in [0.25, 0.3) is 11.1 Å². The Bertz CT molecular complexity index is 1190. The number of carboxylic acid groups (broad SMARTS) is 1. The van der Waals surface area contributed by atoms with Crippen LogP contribution in [-0.4, -0.2) is 35.7 Å². The molecule has 3 aromatic rings. The number of benzene rings is 3. The highest BCUT2D eigenvalue weighted by Crippen LogP contribution is 2.44. The fourth-order valence-electron chi connectivity index (χ4n) is 4.39. The molecule has 0 radical (unpaired) electrons. The molecule has 0 saturated carbocycles. The van der Waals surface area contributed by atoms with Gasteiger partial charge < -0.3 is 15.2 Å². The minimum atomic E-state index is -1.06. The number of ether oxygens (including phenoxy) is 1. The van der Waals surface area contributed by atoms with Crippen LogP contribution in [0.5, 0.6) is 0 Å². The minimum Gasteiger partial charge on any atom is -0.480 e. The lowest BCUT2D eigenvalue weighted by Crippen LogP contribution is -2.42. The number of rotatable bonds is 8. The first kappa shape index (κ1) is 24.0. The molecular weight excluding hydrogens is 444 g/mol. The van der Waals surface area contributed by atoms with Gasteiger partial charge in [0.05, 0.1) is 5.92 Å². The van der Waals surface area contributed by atoms with Crippen molar-refractivity contribution in [2.75, 3.05) is 11.9 Å². The summed E-state index contributed by atoms with van der Waals surface area (Å²) >= 11 is 0. The lowest BCUT2D eigenvalue weighted by Gasteiger charge is -2.17. The van der Waals surface area contributed by atoms with Crippen LogP contribution in [0.2, 0.25) is 0 Å². The molecule has 180 valence electrons. The van der Waals surface area contributed by atoms with E-state index in [0.29, 0.717) is 17.7 Å². The van der Waals surface area contributed by atoms with Crippen molar-refractivity contribution in [3.05, 3.63) is 89.5 Å². The highest BCUT2D eigenvalue weighted by Gasteiger charge is 2.29. The summed E-state index contributed by atoms with van der Waals surface area (Å²) in [6.07, 6.45) is -0.255. The van der Waals surface area contributed by atoms with Gasteiger partial charge in [-0.15, -0.1) is 0 Å². The Morgan fingerprint density at radius 3 is 2.03 bits per heavy atom. The summed E-state index contributed by atoms with van der Waals surface area (Å²) in [5, 5.41) is 14.4. The first-order valence-corrected chi connectivity index (χ1v) is 11.6. The van der Waals surface area contributed by atoms with Gasteiger partial charge in [-0.3, -0.25) is 10.1 Å². The topological polar surface area (TPSA) is 105 Å². The monoisotopic (exact) mass is 472 g/mol. The number of carbonyl (C=O) groups excluding carboxylic acids is 2. The van der Waals surface area contributed by atoms with Crippen LogP contribution in [0.3, 0.4) is 0 Å². The van der Waals surface area contributed by atoms with E-state index in [1.54, 1.807) is 38.1 Å². The average Bonchev–Trinajstić information content (AvgIpc) is 3.19. The van der Waals surface area contributed by atoms with E-state index in [4.69, 9.17) is 9.84 Å². The van der Waals surface area contributed by atoms with Gasteiger partial charge in [0.1, 0.15) is 12.6 Å². The van der Waals surface area contributed by atoms with Crippen molar-refractivity contribution in [3.63, 3.8) is 0 Å². The smallest absolute Gasteiger partial charge is 0.411 e. The number of amides is 2. The first-order valence-electron chi connectivity index (χ1n) is 11.6. The summed E-state index contributed by atoms with van der Waals surface area (Å²) in [6, 6.07) is 22.2. The average molecular weight is 473 g/mol. The van der Waals surface area contributed by atoms with Gasteiger partial charge in [0.25, 0.3) is 0 Å². The zero-order chi connectivity index (χ0) is 24.9. The van der Waals surface area contributed by atoms with Crippen molar-refractivity contribution in [1.29, 1.82) is 0 Å².